The molecule has 0 aromatic rings. The largest absolute Gasteiger partial charge is 0.432 e. The zero-order chi connectivity index (χ0) is 13.8. The quantitative estimate of drug-likeness (QED) is 0.240. The minimum atomic E-state index is -0.426. The Kier molecular flexibility index (Phi) is 10.8. The predicted octanol–water partition coefficient (Wildman–Crippen LogP) is 4.22. The monoisotopic (exact) mass is 256 g/mol. The lowest BCUT2D eigenvalue weighted by Crippen LogP contribution is -2.21. The van der Waals surface area contributed by atoms with Crippen molar-refractivity contribution >= 4 is 5.97 Å². The average molecular weight is 256 g/mol. The second-order valence-corrected chi connectivity index (χ2v) is 4.66. The Balaban J connectivity index is 3.56. The van der Waals surface area contributed by atoms with Crippen molar-refractivity contribution in [3.05, 3.63) is 12.2 Å². The maximum atomic E-state index is 11.3. The van der Waals surface area contributed by atoms with Gasteiger partial charge in [0.2, 0.25) is 6.29 Å². The van der Waals surface area contributed by atoms with Crippen LogP contribution < -0.4 is 0 Å². The smallest absolute Gasteiger partial charge is 0.335 e. The van der Waals surface area contributed by atoms with Gasteiger partial charge in [0.15, 0.2) is 0 Å². The molecule has 106 valence electrons. The molecule has 0 aliphatic rings. The standard InChI is InChI=1S/C15H28O3/c1-5-7-8-9-10-11-12-17-14(6-2)18-15(16)13(3)4/h14H,3,5-12H2,1-2,4H3. The molecule has 0 spiro atoms. The number of ether oxygens (including phenoxy) is 2. The molecule has 0 aliphatic heterocycles. The van der Waals surface area contributed by atoms with Gasteiger partial charge in [0, 0.05) is 12.0 Å². The molecule has 0 fully saturated rings. The van der Waals surface area contributed by atoms with Crippen LogP contribution in [0.2, 0.25) is 0 Å². The Morgan fingerprint density at radius 1 is 1.11 bits per heavy atom. The molecule has 0 bridgehead atoms. The number of rotatable bonds is 11. The van der Waals surface area contributed by atoms with Gasteiger partial charge in [-0.15, -0.1) is 0 Å². The third kappa shape index (κ3) is 9.23. The van der Waals surface area contributed by atoms with Crippen LogP contribution in [0.5, 0.6) is 0 Å². The van der Waals surface area contributed by atoms with Gasteiger partial charge in [0.25, 0.3) is 0 Å². The molecule has 0 aromatic carbocycles. The van der Waals surface area contributed by atoms with E-state index in [4.69, 9.17) is 9.47 Å². The molecular weight excluding hydrogens is 228 g/mol. The molecule has 18 heavy (non-hydrogen) atoms. The first-order valence-electron chi connectivity index (χ1n) is 7.09. The highest BCUT2D eigenvalue weighted by Gasteiger charge is 2.12. The number of hydrogen-bond acceptors (Lipinski definition) is 3. The molecule has 0 heterocycles. The third-order valence-electron chi connectivity index (χ3n) is 2.72. The number of hydrogen-bond donors (Lipinski definition) is 0. The van der Waals surface area contributed by atoms with Crippen LogP contribution in [-0.2, 0) is 14.3 Å². The van der Waals surface area contributed by atoms with E-state index in [1.807, 2.05) is 6.92 Å². The third-order valence-corrected chi connectivity index (χ3v) is 2.72. The molecule has 3 heteroatoms. The zero-order valence-electron chi connectivity index (χ0n) is 12.2. The maximum Gasteiger partial charge on any atom is 0.335 e. The van der Waals surface area contributed by atoms with Crippen molar-refractivity contribution in [3.8, 4) is 0 Å². The molecule has 0 N–H and O–H groups in total. The van der Waals surface area contributed by atoms with Gasteiger partial charge < -0.3 is 9.47 Å². The fourth-order valence-electron chi connectivity index (χ4n) is 1.55. The van der Waals surface area contributed by atoms with Gasteiger partial charge in [-0.05, 0) is 13.3 Å². The molecular formula is C15H28O3. The van der Waals surface area contributed by atoms with Crippen LogP contribution in [0.15, 0.2) is 12.2 Å². The lowest BCUT2D eigenvalue weighted by molar-refractivity contribution is -0.174. The Bertz CT molecular complexity index is 236. The van der Waals surface area contributed by atoms with Gasteiger partial charge >= 0.3 is 5.97 Å². The second kappa shape index (κ2) is 11.3. The number of unbranched alkanes of at least 4 members (excludes halogenated alkanes) is 5. The fourth-order valence-corrected chi connectivity index (χ4v) is 1.55. The highest BCUT2D eigenvalue weighted by molar-refractivity contribution is 5.86. The zero-order valence-corrected chi connectivity index (χ0v) is 12.2. The summed E-state index contributed by atoms with van der Waals surface area (Å²) in [7, 11) is 0. The van der Waals surface area contributed by atoms with Gasteiger partial charge in [-0.1, -0.05) is 52.5 Å². The van der Waals surface area contributed by atoms with E-state index < -0.39 is 6.29 Å². The summed E-state index contributed by atoms with van der Waals surface area (Å²) in [5.41, 5.74) is 0.414. The minimum absolute atomic E-state index is 0.371. The average Bonchev–Trinajstić information content (AvgIpc) is 2.35. The van der Waals surface area contributed by atoms with Crippen molar-refractivity contribution < 1.29 is 14.3 Å². The topological polar surface area (TPSA) is 35.5 Å². The van der Waals surface area contributed by atoms with Gasteiger partial charge in [0.05, 0.1) is 6.61 Å². The molecule has 0 saturated heterocycles. The Morgan fingerprint density at radius 2 is 1.72 bits per heavy atom. The summed E-state index contributed by atoms with van der Waals surface area (Å²) in [6, 6.07) is 0. The first-order valence-corrected chi connectivity index (χ1v) is 7.09. The van der Waals surface area contributed by atoms with Crippen LogP contribution in [-0.4, -0.2) is 18.9 Å². The van der Waals surface area contributed by atoms with Crippen molar-refractivity contribution in [2.45, 2.75) is 72.0 Å². The summed E-state index contributed by atoms with van der Waals surface area (Å²) in [5, 5.41) is 0. The van der Waals surface area contributed by atoms with Gasteiger partial charge in [0.1, 0.15) is 0 Å². The van der Waals surface area contributed by atoms with Crippen molar-refractivity contribution in [3.63, 3.8) is 0 Å². The normalized spacial score (nSPS) is 12.2. The van der Waals surface area contributed by atoms with E-state index in [9.17, 15) is 4.79 Å². The van der Waals surface area contributed by atoms with Crippen LogP contribution in [0.3, 0.4) is 0 Å². The van der Waals surface area contributed by atoms with Crippen LogP contribution in [0.4, 0.5) is 0 Å². The molecule has 0 radical (unpaired) electrons. The van der Waals surface area contributed by atoms with Crippen molar-refractivity contribution in [2.75, 3.05) is 6.61 Å². The second-order valence-electron chi connectivity index (χ2n) is 4.66. The number of esters is 1. The molecule has 3 nitrogen and oxygen atoms in total. The summed E-state index contributed by atoms with van der Waals surface area (Å²) in [4.78, 5) is 11.3. The fraction of sp³-hybridized carbons (Fsp3) is 0.800. The van der Waals surface area contributed by atoms with Gasteiger partial charge in [-0.25, -0.2) is 4.79 Å². The van der Waals surface area contributed by atoms with E-state index in [2.05, 4.69) is 13.5 Å². The van der Waals surface area contributed by atoms with Gasteiger partial charge in [-0.2, -0.15) is 0 Å². The van der Waals surface area contributed by atoms with E-state index in [1.165, 1.54) is 32.1 Å². The van der Waals surface area contributed by atoms with Crippen LogP contribution in [0.25, 0.3) is 0 Å². The lowest BCUT2D eigenvalue weighted by Gasteiger charge is -2.16. The summed E-state index contributed by atoms with van der Waals surface area (Å²) in [6.45, 7) is 10.0. The summed E-state index contributed by atoms with van der Waals surface area (Å²) >= 11 is 0. The highest BCUT2D eigenvalue weighted by Crippen LogP contribution is 2.08. The predicted molar refractivity (Wildman–Crippen MR) is 74.3 cm³/mol. The molecule has 1 unspecified atom stereocenters. The van der Waals surface area contributed by atoms with E-state index in [0.717, 1.165) is 6.42 Å². The molecule has 0 saturated carbocycles. The van der Waals surface area contributed by atoms with Crippen molar-refractivity contribution in [2.24, 2.45) is 0 Å². The number of carbonyl (C=O) groups is 1. The Hall–Kier alpha value is -0.830. The van der Waals surface area contributed by atoms with Crippen molar-refractivity contribution in [1.82, 2.24) is 0 Å². The van der Waals surface area contributed by atoms with E-state index >= 15 is 0 Å². The Morgan fingerprint density at radius 3 is 2.28 bits per heavy atom. The molecule has 0 amide bonds. The van der Waals surface area contributed by atoms with E-state index in [0.29, 0.717) is 18.6 Å². The summed E-state index contributed by atoms with van der Waals surface area (Å²) in [5.74, 6) is -0.371. The molecule has 0 aromatic heterocycles. The summed E-state index contributed by atoms with van der Waals surface area (Å²) in [6.07, 6.45) is 7.62. The maximum absolute atomic E-state index is 11.3. The molecule has 0 rings (SSSR count). The van der Waals surface area contributed by atoms with E-state index in [1.54, 1.807) is 6.92 Å². The van der Waals surface area contributed by atoms with Crippen molar-refractivity contribution in [1.29, 1.82) is 0 Å². The van der Waals surface area contributed by atoms with Crippen LogP contribution in [0, 0.1) is 0 Å². The lowest BCUT2D eigenvalue weighted by atomic mass is 10.1. The van der Waals surface area contributed by atoms with Crippen LogP contribution in [0.1, 0.15) is 65.7 Å². The van der Waals surface area contributed by atoms with Crippen LogP contribution >= 0.6 is 0 Å². The minimum Gasteiger partial charge on any atom is -0.432 e. The SMILES string of the molecule is C=C(C)C(=O)OC(CC)OCCCCCCCC. The number of carbonyl (C=O) groups excluding carboxylic acids is 1. The highest BCUT2D eigenvalue weighted by atomic mass is 16.7. The Labute approximate surface area is 112 Å². The first kappa shape index (κ1) is 17.2. The van der Waals surface area contributed by atoms with E-state index in [-0.39, 0.29) is 5.97 Å². The first-order chi connectivity index (χ1) is 8.61. The molecule has 1 atom stereocenters. The molecule has 0 aliphatic carbocycles. The summed E-state index contributed by atoms with van der Waals surface area (Å²) < 4.78 is 10.7. The van der Waals surface area contributed by atoms with Gasteiger partial charge in [-0.3, -0.25) is 0 Å².